The number of likely N-dealkylation sites (N-methyl/N-ethyl adjacent to an activating group) is 1. The lowest BCUT2D eigenvalue weighted by Crippen LogP contribution is -2.39. The number of amides is 1. The third-order valence-electron chi connectivity index (χ3n) is 4.36. The molecule has 6 nitrogen and oxygen atoms in total. The Morgan fingerprint density at radius 2 is 2.00 bits per heavy atom. The molecule has 0 saturated heterocycles. The van der Waals surface area contributed by atoms with E-state index in [-0.39, 0.29) is 11.9 Å². The lowest BCUT2D eigenvalue weighted by atomic mass is 10.0. The normalized spacial score (nSPS) is 12.1. The molecular weight excluding hydrogens is 316 g/mol. The average Bonchev–Trinajstić information content (AvgIpc) is 3.10. The maximum Gasteiger partial charge on any atom is 0.255 e. The lowest BCUT2D eigenvalue weighted by Gasteiger charge is -2.28. The van der Waals surface area contributed by atoms with E-state index in [1.165, 1.54) is 5.56 Å². The Balaban J connectivity index is 1.75. The van der Waals surface area contributed by atoms with Crippen LogP contribution in [0.4, 0.5) is 0 Å². The van der Waals surface area contributed by atoms with Crippen molar-refractivity contribution in [3.05, 3.63) is 60.0 Å². The smallest absolute Gasteiger partial charge is 0.255 e. The Labute approximate surface area is 147 Å². The third-order valence-corrected chi connectivity index (χ3v) is 4.36. The summed E-state index contributed by atoms with van der Waals surface area (Å²) in [6, 6.07) is 11.7. The summed E-state index contributed by atoms with van der Waals surface area (Å²) in [5.74, 6) is 0.848. The Bertz CT molecular complexity index is 857. The van der Waals surface area contributed by atoms with Gasteiger partial charge in [-0.1, -0.05) is 12.1 Å². The van der Waals surface area contributed by atoms with Crippen LogP contribution in [0.3, 0.4) is 0 Å². The fraction of sp³-hybridized carbons (Fsp3) is 0.316. The number of benzene rings is 1. The molecular formula is C19H22N4O2. The van der Waals surface area contributed by atoms with E-state index in [1.807, 2.05) is 42.2 Å². The standard InChI is InChI=1S/C19H22N4O2/c1-4-23(14(2)11-15-5-8-17(25-3)9-6-15)19(24)16-7-10-18-21-20-13-22(18)12-16/h5-10,12-14H,4,11H2,1-3H3/t14-/m0/s1. The van der Waals surface area contributed by atoms with Crippen LogP contribution >= 0.6 is 0 Å². The number of pyridine rings is 1. The van der Waals surface area contributed by atoms with Gasteiger partial charge in [-0.15, -0.1) is 10.2 Å². The molecule has 0 spiro atoms. The van der Waals surface area contributed by atoms with Gasteiger partial charge in [-0.05, 0) is 50.1 Å². The van der Waals surface area contributed by atoms with E-state index in [9.17, 15) is 4.79 Å². The largest absolute Gasteiger partial charge is 0.497 e. The summed E-state index contributed by atoms with van der Waals surface area (Å²) in [6.07, 6.45) is 4.17. The Hall–Kier alpha value is -2.89. The summed E-state index contributed by atoms with van der Waals surface area (Å²) in [7, 11) is 1.65. The number of nitrogens with zero attached hydrogens (tertiary/aromatic N) is 4. The van der Waals surface area contributed by atoms with Crippen LogP contribution in [0.5, 0.6) is 5.75 Å². The second kappa shape index (κ2) is 7.34. The Morgan fingerprint density at radius 3 is 2.68 bits per heavy atom. The second-order valence-corrected chi connectivity index (χ2v) is 6.01. The SMILES string of the molecule is CCN(C(=O)c1ccc2nncn2c1)[C@@H](C)Cc1ccc(OC)cc1. The number of hydrogen-bond donors (Lipinski definition) is 0. The van der Waals surface area contributed by atoms with Gasteiger partial charge in [0, 0.05) is 18.8 Å². The summed E-state index contributed by atoms with van der Waals surface area (Å²) in [6.45, 7) is 4.72. The van der Waals surface area contributed by atoms with Crippen LogP contribution in [0, 0.1) is 0 Å². The van der Waals surface area contributed by atoms with Gasteiger partial charge < -0.3 is 9.64 Å². The first-order chi connectivity index (χ1) is 12.1. The highest BCUT2D eigenvalue weighted by molar-refractivity contribution is 5.94. The predicted molar refractivity (Wildman–Crippen MR) is 95.9 cm³/mol. The van der Waals surface area contributed by atoms with Crippen molar-refractivity contribution in [2.75, 3.05) is 13.7 Å². The van der Waals surface area contributed by atoms with Gasteiger partial charge in [-0.25, -0.2) is 0 Å². The fourth-order valence-corrected chi connectivity index (χ4v) is 2.99. The van der Waals surface area contributed by atoms with Gasteiger partial charge in [0.2, 0.25) is 0 Å². The number of ether oxygens (including phenoxy) is 1. The van der Waals surface area contributed by atoms with Crippen LogP contribution in [-0.2, 0) is 6.42 Å². The zero-order chi connectivity index (χ0) is 17.8. The molecule has 0 N–H and O–H groups in total. The molecule has 1 atom stereocenters. The number of rotatable bonds is 6. The number of fused-ring (bicyclic) bond motifs is 1. The van der Waals surface area contributed by atoms with Crippen molar-refractivity contribution < 1.29 is 9.53 Å². The van der Waals surface area contributed by atoms with Gasteiger partial charge in [-0.3, -0.25) is 9.20 Å². The highest BCUT2D eigenvalue weighted by atomic mass is 16.5. The van der Waals surface area contributed by atoms with Crippen molar-refractivity contribution in [1.29, 1.82) is 0 Å². The van der Waals surface area contributed by atoms with Gasteiger partial charge in [0.25, 0.3) is 5.91 Å². The molecule has 0 saturated carbocycles. The van der Waals surface area contributed by atoms with Crippen molar-refractivity contribution >= 4 is 11.6 Å². The van der Waals surface area contributed by atoms with E-state index >= 15 is 0 Å². The molecule has 0 aliphatic heterocycles. The second-order valence-electron chi connectivity index (χ2n) is 6.01. The topological polar surface area (TPSA) is 59.7 Å². The molecule has 0 fully saturated rings. The molecule has 6 heteroatoms. The van der Waals surface area contributed by atoms with Crippen LogP contribution in [0.25, 0.3) is 5.65 Å². The van der Waals surface area contributed by atoms with Crippen molar-refractivity contribution in [3.8, 4) is 5.75 Å². The number of carbonyl (C=O) groups excluding carboxylic acids is 1. The molecule has 0 radical (unpaired) electrons. The van der Waals surface area contributed by atoms with E-state index in [1.54, 1.807) is 30.1 Å². The third kappa shape index (κ3) is 3.63. The maximum absolute atomic E-state index is 12.9. The molecule has 0 unspecified atom stereocenters. The molecule has 1 aromatic carbocycles. The zero-order valence-electron chi connectivity index (χ0n) is 14.7. The highest BCUT2D eigenvalue weighted by Gasteiger charge is 2.20. The molecule has 130 valence electrons. The van der Waals surface area contributed by atoms with Crippen LogP contribution < -0.4 is 4.74 Å². The van der Waals surface area contributed by atoms with Crippen LogP contribution in [0.2, 0.25) is 0 Å². The molecule has 2 aromatic heterocycles. The Kier molecular flexibility index (Phi) is 4.97. The van der Waals surface area contributed by atoms with E-state index in [0.29, 0.717) is 12.1 Å². The van der Waals surface area contributed by atoms with E-state index < -0.39 is 0 Å². The summed E-state index contributed by atoms with van der Waals surface area (Å²) in [4.78, 5) is 14.8. The van der Waals surface area contributed by atoms with Crippen LogP contribution in [0.15, 0.2) is 48.9 Å². The first-order valence-corrected chi connectivity index (χ1v) is 8.35. The van der Waals surface area contributed by atoms with E-state index in [2.05, 4.69) is 17.1 Å². The van der Waals surface area contributed by atoms with Gasteiger partial charge in [0.05, 0.1) is 12.7 Å². The minimum absolute atomic E-state index is 0.0131. The van der Waals surface area contributed by atoms with Crippen LogP contribution in [-0.4, -0.2) is 45.1 Å². The van der Waals surface area contributed by atoms with Gasteiger partial charge >= 0.3 is 0 Å². The molecule has 3 aromatic rings. The summed E-state index contributed by atoms with van der Waals surface area (Å²) in [5, 5.41) is 7.82. The van der Waals surface area contributed by atoms with Crippen LogP contribution in [0.1, 0.15) is 29.8 Å². The van der Waals surface area contributed by atoms with Gasteiger partial charge in [0.1, 0.15) is 12.1 Å². The molecule has 3 rings (SSSR count). The van der Waals surface area contributed by atoms with E-state index in [4.69, 9.17) is 4.74 Å². The summed E-state index contributed by atoms with van der Waals surface area (Å²) >= 11 is 0. The molecule has 2 heterocycles. The number of carbonyl (C=O) groups is 1. The highest BCUT2D eigenvalue weighted by Crippen LogP contribution is 2.16. The Morgan fingerprint density at radius 1 is 1.24 bits per heavy atom. The monoisotopic (exact) mass is 338 g/mol. The molecule has 25 heavy (non-hydrogen) atoms. The predicted octanol–water partition coefficient (Wildman–Crippen LogP) is 2.83. The van der Waals surface area contributed by atoms with Crippen molar-refractivity contribution in [1.82, 2.24) is 19.5 Å². The van der Waals surface area contributed by atoms with Gasteiger partial charge in [-0.2, -0.15) is 0 Å². The fourth-order valence-electron chi connectivity index (χ4n) is 2.99. The average molecular weight is 338 g/mol. The molecule has 0 aliphatic rings. The quantitative estimate of drug-likeness (QED) is 0.693. The maximum atomic E-state index is 12.9. The van der Waals surface area contributed by atoms with E-state index in [0.717, 1.165) is 17.8 Å². The zero-order valence-corrected chi connectivity index (χ0v) is 14.7. The number of hydrogen-bond acceptors (Lipinski definition) is 4. The van der Waals surface area contributed by atoms with Gasteiger partial charge in [0.15, 0.2) is 5.65 Å². The van der Waals surface area contributed by atoms with Crippen molar-refractivity contribution in [3.63, 3.8) is 0 Å². The minimum atomic E-state index is 0.0131. The first-order valence-electron chi connectivity index (χ1n) is 8.35. The summed E-state index contributed by atoms with van der Waals surface area (Å²) in [5.41, 5.74) is 2.54. The first kappa shape index (κ1) is 17.0. The number of methoxy groups -OCH3 is 1. The molecule has 0 bridgehead atoms. The summed E-state index contributed by atoms with van der Waals surface area (Å²) < 4.78 is 6.95. The minimum Gasteiger partial charge on any atom is -0.497 e. The van der Waals surface area contributed by atoms with Crippen molar-refractivity contribution in [2.24, 2.45) is 0 Å². The molecule has 0 aliphatic carbocycles. The lowest BCUT2D eigenvalue weighted by molar-refractivity contribution is 0.0703. The van der Waals surface area contributed by atoms with Crippen molar-refractivity contribution in [2.45, 2.75) is 26.3 Å². The number of aromatic nitrogens is 3. The molecule has 1 amide bonds.